The normalized spacial score (nSPS) is 23.1. The van der Waals surface area contributed by atoms with Crippen LogP contribution in [0.5, 0.6) is 5.75 Å². The third-order valence-electron chi connectivity index (χ3n) is 6.25. The van der Waals surface area contributed by atoms with Crippen molar-refractivity contribution in [2.45, 2.75) is 38.7 Å². The Morgan fingerprint density at radius 1 is 1.22 bits per heavy atom. The second-order valence-electron chi connectivity index (χ2n) is 8.94. The van der Waals surface area contributed by atoms with E-state index in [-0.39, 0.29) is 18.2 Å². The van der Waals surface area contributed by atoms with E-state index in [1.54, 1.807) is 24.4 Å². The Morgan fingerprint density at radius 3 is 2.61 bits per heavy atom. The monoisotopic (exact) mass is 496 g/mol. The van der Waals surface area contributed by atoms with E-state index in [2.05, 4.69) is 10.1 Å². The predicted molar refractivity (Wildman–Crippen MR) is 128 cm³/mol. The molecule has 8 nitrogen and oxygen atoms in total. The number of halogens is 2. The Balaban J connectivity index is 1.54. The molecule has 1 fully saturated rings. The van der Waals surface area contributed by atoms with Gasteiger partial charge in [0.15, 0.2) is 5.76 Å². The van der Waals surface area contributed by atoms with Crippen molar-refractivity contribution in [3.63, 3.8) is 0 Å². The quantitative estimate of drug-likeness (QED) is 0.573. The van der Waals surface area contributed by atoms with Crippen molar-refractivity contribution in [3.05, 3.63) is 83.1 Å². The van der Waals surface area contributed by atoms with Crippen molar-refractivity contribution in [1.82, 2.24) is 14.5 Å². The summed E-state index contributed by atoms with van der Waals surface area (Å²) < 4.78 is 41.8. The van der Waals surface area contributed by atoms with E-state index in [4.69, 9.17) is 14.3 Å². The smallest absolute Gasteiger partial charge is 0.263 e. The number of hydrogen-bond donors (Lipinski definition) is 1. The summed E-state index contributed by atoms with van der Waals surface area (Å²) in [5.41, 5.74) is 0.972. The number of rotatable bonds is 5. The van der Waals surface area contributed by atoms with E-state index >= 15 is 0 Å². The molecule has 0 amide bonds. The van der Waals surface area contributed by atoms with E-state index in [1.165, 1.54) is 6.92 Å². The third kappa shape index (κ3) is 3.97. The predicted octanol–water partition coefficient (Wildman–Crippen LogP) is 4.11. The Hall–Kier alpha value is -3.92. The van der Waals surface area contributed by atoms with Crippen molar-refractivity contribution < 1.29 is 28.2 Å². The third-order valence-corrected chi connectivity index (χ3v) is 6.25. The fourth-order valence-electron chi connectivity index (χ4n) is 4.65. The fourth-order valence-corrected chi connectivity index (χ4v) is 4.65. The zero-order chi connectivity index (χ0) is 25.6. The lowest BCUT2D eigenvalue weighted by molar-refractivity contribution is -0.180. The van der Waals surface area contributed by atoms with Crippen molar-refractivity contribution in [2.75, 3.05) is 13.7 Å². The molecular formula is C26H26F2N4O4. The van der Waals surface area contributed by atoms with Crippen LogP contribution in [0.1, 0.15) is 30.7 Å². The highest BCUT2D eigenvalue weighted by atomic mass is 19.1. The summed E-state index contributed by atoms with van der Waals surface area (Å²) in [6.45, 7) is 5.53. The summed E-state index contributed by atoms with van der Waals surface area (Å²) in [5.74, 6) is -0.229. The molecule has 2 aliphatic rings. The van der Waals surface area contributed by atoms with E-state index in [0.717, 1.165) is 35.1 Å². The van der Waals surface area contributed by atoms with Crippen LogP contribution >= 0.6 is 0 Å². The van der Waals surface area contributed by atoms with Crippen molar-refractivity contribution in [1.29, 1.82) is 0 Å². The topological polar surface area (TPSA) is 81.3 Å². The van der Waals surface area contributed by atoms with Crippen molar-refractivity contribution >= 4 is 11.9 Å². The Morgan fingerprint density at radius 2 is 1.97 bits per heavy atom. The molecule has 2 aromatic carbocycles. The van der Waals surface area contributed by atoms with Crippen LogP contribution < -0.4 is 4.74 Å². The number of methoxy groups -OCH3 is 1. The number of nitrogens with zero attached hydrogens (tertiary/aromatic N) is 4. The maximum Gasteiger partial charge on any atom is 0.263 e. The molecule has 188 valence electrons. The van der Waals surface area contributed by atoms with E-state index in [9.17, 15) is 13.9 Å². The maximum atomic E-state index is 14.1. The minimum absolute atomic E-state index is 0.115. The van der Waals surface area contributed by atoms with Gasteiger partial charge in [0.05, 0.1) is 31.4 Å². The Bertz CT molecular complexity index is 1350. The number of imidazole rings is 1. The molecule has 1 aromatic heterocycles. The molecule has 0 saturated carbocycles. The van der Waals surface area contributed by atoms with Crippen LogP contribution in [0.15, 0.2) is 59.8 Å². The zero-order valence-corrected chi connectivity index (χ0v) is 20.3. The molecule has 1 unspecified atom stereocenters. The summed E-state index contributed by atoms with van der Waals surface area (Å²) in [5, 5.41) is 15.0. The van der Waals surface area contributed by atoms with Gasteiger partial charge >= 0.3 is 0 Å². The Labute approximate surface area is 207 Å². The largest absolute Gasteiger partial charge is 0.495 e. The number of ether oxygens (including phenoxy) is 2. The molecule has 0 aliphatic carbocycles. The van der Waals surface area contributed by atoms with Crippen LogP contribution in [0, 0.1) is 18.6 Å². The first kappa shape index (κ1) is 23.8. The number of benzene rings is 2. The standard InChI is InChI=1S/C26H26F2N4O4/c1-15-12-31(14-29-15)22-6-5-18(7-23(22)34-4)8-24-25-30-36-26(17(3)33,32(25)13-16(2)35-24)19-9-20(27)11-21(28)10-19/h5-12,14,16-17,33H,13H2,1-4H3/t16-,17?,26-/m1/s1. The lowest BCUT2D eigenvalue weighted by Crippen LogP contribution is -2.57. The SMILES string of the molecule is COc1cc(C=C2O[C@H](C)CN3C2=NO[C@@]3(c2cc(F)cc(F)c2)C(C)O)ccc1-n1cnc(C)c1. The molecule has 10 heteroatoms. The van der Waals surface area contributed by atoms with Gasteiger partial charge in [-0.3, -0.25) is 0 Å². The number of hydrogen-bond acceptors (Lipinski definition) is 7. The van der Waals surface area contributed by atoms with Gasteiger partial charge in [-0.2, -0.15) is 0 Å². The lowest BCUT2D eigenvalue weighted by atomic mass is 9.94. The highest BCUT2D eigenvalue weighted by Gasteiger charge is 2.55. The minimum Gasteiger partial charge on any atom is -0.495 e. The van der Waals surface area contributed by atoms with Crippen LogP contribution in [0.2, 0.25) is 0 Å². The number of aliphatic hydroxyl groups excluding tert-OH is 1. The van der Waals surface area contributed by atoms with Crippen molar-refractivity contribution in [2.24, 2.45) is 5.16 Å². The van der Waals surface area contributed by atoms with Crippen molar-refractivity contribution in [3.8, 4) is 11.4 Å². The summed E-state index contributed by atoms with van der Waals surface area (Å²) in [6.07, 6.45) is 3.88. The lowest BCUT2D eigenvalue weighted by Gasteiger charge is -2.43. The average Bonchev–Trinajstić information content (AvgIpc) is 3.43. The zero-order valence-electron chi connectivity index (χ0n) is 20.3. The Kier molecular flexibility index (Phi) is 5.91. The maximum absolute atomic E-state index is 14.1. The van der Waals surface area contributed by atoms with Gasteiger partial charge in [0.2, 0.25) is 5.84 Å². The highest BCUT2D eigenvalue weighted by molar-refractivity contribution is 6.01. The number of morpholine rings is 1. The molecule has 2 aliphatic heterocycles. The molecule has 3 heterocycles. The molecule has 0 spiro atoms. The van der Waals surface area contributed by atoms with Gasteiger partial charge in [-0.1, -0.05) is 11.2 Å². The summed E-state index contributed by atoms with van der Waals surface area (Å²) >= 11 is 0. The summed E-state index contributed by atoms with van der Waals surface area (Å²) in [7, 11) is 1.59. The highest BCUT2D eigenvalue weighted by Crippen LogP contribution is 2.43. The number of oxime groups is 1. The van der Waals surface area contributed by atoms with Crippen LogP contribution in [-0.2, 0) is 15.3 Å². The van der Waals surface area contributed by atoms with Crippen LogP contribution in [-0.4, -0.2) is 51.3 Å². The second kappa shape index (κ2) is 8.94. The number of fused-ring (bicyclic) bond motifs is 1. The number of amidine groups is 1. The van der Waals surface area contributed by atoms with E-state index in [0.29, 0.717) is 17.3 Å². The molecule has 1 saturated heterocycles. The average molecular weight is 497 g/mol. The van der Waals surface area contributed by atoms with E-state index < -0.39 is 23.5 Å². The first-order valence-electron chi connectivity index (χ1n) is 11.5. The fraction of sp³-hybridized carbons (Fsp3) is 0.308. The van der Waals surface area contributed by atoms with Gasteiger partial charge < -0.3 is 28.9 Å². The number of aromatic nitrogens is 2. The first-order chi connectivity index (χ1) is 17.2. The number of aliphatic hydroxyl groups is 1. The minimum atomic E-state index is -1.61. The molecule has 5 rings (SSSR count). The first-order valence-corrected chi connectivity index (χ1v) is 11.5. The molecular weight excluding hydrogens is 470 g/mol. The summed E-state index contributed by atoms with van der Waals surface area (Å²) in [6, 6.07) is 8.70. The molecule has 0 radical (unpaired) electrons. The van der Waals surface area contributed by atoms with Crippen LogP contribution in [0.4, 0.5) is 8.78 Å². The number of aryl methyl sites for hydroxylation is 1. The van der Waals surface area contributed by atoms with Crippen LogP contribution in [0.25, 0.3) is 11.8 Å². The molecule has 3 atom stereocenters. The second-order valence-corrected chi connectivity index (χ2v) is 8.94. The van der Waals surface area contributed by atoms with Gasteiger partial charge in [-0.05, 0) is 56.7 Å². The van der Waals surface area contributed by atoms with Gasteiger partial charge in [0, 0.05) is 17.8 Å². The molecule has 0 bridgehead atoms. The van der Waals surface area contributed by atoms with E-state index in [1.807, 2.05) is 42.8 Å². The summed E-state index contributed by atoms with van der Waals surface area (Å²) in [4.78, 5) is 11.7. The van der Waals surface area contributed by atoms with Gasteiger partial charge in [0.1, 0.15) is 29.6 Å². The van der Waals surface area contributed by atoms with Gasteiger partial charge in [-0.25, -0.2) is 13.8 Å². The van der Waals surface area contributed by atoms with Gasteiger partial charge in [0.25, 0.3) is 5.72 Å². The molecule has 1 N–H and O–H groups in total. The molecule has 3 aromatic rings. The van der Waals surface area contributed by atoms with Gasteiger partial charge in [-0.15, -0.1) is 0 Å². The molecule has 36 heavy (non-hydrogen) atoms. The van der Waals surface area contributed by atoms with Crippen LogP contribution in [0.3, 0.4) is 0 Å².